The summed E-state index contributed by atoms with van der Waals surface area (Å²) >= 11 is 6.18. The molecule has 0 aromatic heterocycles. The van der Waals surface area contributed by atoms with E-state index in [9.17, 15) is 0 Å². The van der Waals surface area contributed by atoms with E-state index < -0.39 is 0 Å². The Morgan fingerprint density at radius 1 is 1.57 bits per heavy atom. The minimum Gasteiger partial charge on any atom is -0.379 e. The van der Waals surface area contributed by atoms with Crippen molar-refractivity contribution in [3.05, 3.63) is 23.2 Å². The van der Waals surface area contributed by atoms with E-state index in [0.717, 1.165) is 29.5 Å². The summed E-state index contributed by atoms with van der Waals surface area (Å²) in [6.45, 7) is 6.37. The lowest BCUT2D eigenvalue weighted by Crippen LogP contribution is -2.39. The van der Waals surface area contributed by atoms with Crippen LogP contribution in [0.25, 0.3) is 0 Å². The van der Waals surface area contributed by atoms with Crippen LogP contribution in [0.2, 0.25) is 5.02 Å². The summed E-state index contributed by atoms with van der Waals surface area (Å²) < 4.78 is 0. The number of nitrogens with one attached hydrogen (secondary N) is 1. The summed E-state index contributed by atoms with van der Waals surface area (Å²) in [4.78, 5) is 2.32. The molecular formula is C11H15ClN2. The zero-order valence-electron chi connectivity index (χ0n) is 8.55. The molecule has 3 heteroatoms. The van der Waals surface area contributed by atoms with Gasteiger partial charge in [0, 0.05) is 19.1 Å². The molecule has 0 bridgehead atoms. The lowest BCUT2D eigenvalue weighted by molar-refractivity contribution is 0.703. The highest BCUT2D eigenvalue weighted by atomic mass is 35.5. The van der Waals surface area contributed by atoms with Crippen LogP contribution < -0.4 is 10.2 Å². The van der Waals surface area contributed by atoms with Crippen LogP contribution in [0.5, 0.6) is 0 Å². The minimum absolute atomic E-state index is 0.487. The fourth-order valence-corrected chi connectivity index (χ4v) is 2.27. The lowest BCUT2D eigenvalue weighted by atomic mass is 10.1. The molecule has 0 fully saturated rings. The van der Waals surface area contributed by atoms with E-state index in [-0.39, 0.29) is 0 Å². The van der Waals surface area contributed by atoms with Crippen molar-refractivity contribution in [1.29, 1.82) is 0 Å². The van der Waals surface area contributed by atoms with E-state index in [1.807, 2.05) is 12.1 Å². The summed E-state index contributed by atoms with van der Waals surface area (Å²) in [6.07, 6.45) is 0. The summed E-state index contributed by atoms with van der Waals surface area (Å²) in [6, 6.07) is 6.50. The van der Waals surface area contributed by atoms with Crippen molar-refractivity contribution in [3.63, 3.8) is 0 Å². The predicted octanol–water partition coefficient (Wildman–Crippen LogP) is 2.98. The van der Waals surface area contributed by atoms with Gasteiger partial charge in [0.1, 0.15) is 0 Å². The number of para-hydroxylation sites is 1. The van der Waals surface area contributed by atoms with Crippen LogP contribution in [0.1, 0.15) is 13.8 Å². The zero-order chi connectivity index (χ0) is 10.1. The standard InChI is InChI=1S/C11H15ClN2/c1-3-14-7-8(2)13-10-6-4-5-9(12)11(10)14/h4-6,8,13H,3,7H2,1-2H3. The Hall–Kier alpha value is -0.890. The molecule has 1 aliphatic heterocycles. The molecule has 1 N–H and O–H groups in total. The molecule has 1 aromatic rings. The number of fused-ring (bicyclic) bond motifs is 1. The number of benzene rings is 1. The molecule has 2 nitrogen and oxygen atoms in total. The average Bonchev–Trinajstić information content (AvgIpc) is 2.16. The highest BCUT2D eigenvalue weighted by Crippen LogP contribution is 2.36. The van der Waals surface area contributed by atoms with E-state index in [1.54, 1.807) is 0 Å². The third-order valence-electron chi connectivity index (χ3n) is 2.58. The summed E-state index contributed by atoms with van der Waals surface area (Å²) in [5.41, 5.74) is 2.30. The number of hydrogen-bond acceptors (Lipinski definition) is 2. The van der Waals surface area contributed by atoms with Gasteiger partial charge in [-0.2, -0.15) is 0 Å². The SMILES string of the molecule is CCN1CC(C)Nc2cccc(Cl)c21. The van der Waals surface area contributed by atoms with E-state index >= 15 is 0 Å². The topological polar surface area (TPSA) is 15.3 Å². The van der Waals surface area contributed by atoms with Crippen LogP contribution >= 0.6 is 11.6 Å². The molecule has 0 amide bonds. The van der Waals surface area contributed by atoms with Crippen molar-refractivity contribution in [2.75, 3.05) is 23.3 Å². The van der Waals surface area contributed by atoms with Gasteiger partial charge in [-0.15, -0.1) is 0 Å². The Bertz CT molecular complexity index is 338. The quantitative estimate of drug-likeness (QED) is 0.767. The minimum atomic E-state index is 0.487. The maximum absolute atomic E-state index is 6.18. The molecule has 0 saturated carbocycles. The van der Waals surface area contributed by atoms with E-state index in [4.69, 9.17) is 11.6 Å². The van der Waals surface area contributed by atoms with Crippen LogP contribution in [0.3, 0.4) is 0 Å². The molecule has 1 aliphatic rings. The summed E-state index contributed by atoms with van der Waals surface area (Å²) in [5, 5.41) is 4.28. The first-order chi connectivity index (χ1) is 6.72. The van der Waals surface area contributed by atoms with Gasteiger partial charge in [-0.25, -0.2) is 0 Å². The van der Waals surface area contributed by atoms with Gasteiger partial charge in [0.2, 0.25) is 0 Å². The van der Waals surface area contributed by atoms with Gasteiger partial charge in [-0.05, 0) is 26.0 Å². The van der Waals surface area contributed by atoms with Crippen molar-refractivity contribution in [3.8, 4) is 0 Å². The van der Waals surface area contributed by atoms with Crippen LogP contribution in [0.4, 0.5) is 11.4 Å². The first-order valence-electron chi connectivity index (χ1n) is 5.02. The van der Waals surface area contributed by atoms with Gasteiger partial charge in [-0.1, -0.05) is 17.7 Å². The van der Waals surface area contributed by atoms with E-state index in [2.05, 4.69) is 30.1 Å². The lowest BCUT2D eigenvalue weighted by Gasteiger charge is -2.35. The molecule has 1 aromatic carbocycles. The summed E-state index contributed by atoms with van der Waals surface area (Å²) in [7, 11) is 0. The maximum atomic E-state index is 6.18. The fraction of sp³-hybridized carbons (Fsp3) is 0.455. The van der Waals surface area contributed by atoms with Crippen LogP contribution in [-0.2, 0) is 0 Å². The Labute approximate surface area is 89.9 Å². The molecule has 76 valence electrons. The van der Waals surface area contributed by atoms with Gasteiger partial charge >= 0.3 is 0 Å². The van der Waals surface area contributed by atoms with Gasteiger partial charge in [0.15, 0.2) is 0 Å². The molecule has 14 heavy (non-hydrogen) atoms. The highest BCUT2D eigenvalue weighted by molar-refractivity contribution is 6.34. The number of anilines is 2. The first kappa shape index (κ1) is 9.66. The van der Waals surface area contributed by atoms with E-state index in [1.165, 1.54) is 0 Å². The Morgan fingerprint density at radius 2 is 2.36 bits per heavy atom. The van der Waals surface area contributed by atoms with Crippen LogP contribution in [0, 0.1) is 0 Å². The predicted molar refractivity (Wildman–Crippen MR) is 62.4 cm³/mol. The van der Waals surface area contributed by atoms with Crippen molar-refractivity contribution in [2.24, 2.45) is 0 Å². The average molecular weight is 211 g/mol. The Balaban J connectivity index is 2.46. The zero-order valence-corrected chi connectivity index (χ0v) is 9.30. The van der Waals surface area contributed by atoms with Gasteiger partial charge in [0.05, 0.1) is 16.4 Å². The van der Waals surface area contributed by atoms with Crippen molar-refractivity contribution < 1.29 is 0 Å². The molecule has 0 saturated heterocycles. The molecule has 0 aliphatic carbocycles. The normalized spacial score (nSPS) is 20.2. The fourth-order valence-electron chi connectivity index (χ4n) is 1.97. The van der Waals surface area contributed by atoms with Crippen molar-refractivity contribution in [2.45, 2.75) is 19.9 Å². The maximum Gasteiger partial charge on any atom is 0.0791 e. The van der Waals surface area contributed by atoms with Crippen molar-refractivity contribution >= 4 is 23.0 Å². The van der Waals surface area contributed by atoms with Gasteiger partial charge in [0.25, 0.3) is 0 Å². The number of halogens is 1. The largest absolute Gasteiger partial charge is 0.379 e. The smallest absolute Gasteiger partial charge is 0.0791 e. The summed E-state index contributed by atoms with van der Waals surface area (Å²) in [5.74, 6) is 0. The number of nitrogens with zero attached hydrogens (tertiary/aromatic N) is 1. The molecule has 1 unspecified atom stereocenters. The monoisotopic (exact) mass is 210 g/mol. The van der Waals surface area contributed by atoms with E-state index in [0.29, 0.717) is 6.04 Å². The number of likely N-dealkylation sites (N-methyl/N-ethyl adjacent to an activating group) is 1. The number of hydrogen-bond donors (Lipinski definition) is 1. The molecule has 1 atom stereocenters. The Morgan fingerprint density at radius 3 is 3.07 bits per heavy atom. The van der Waals surface area contributed by atoms with Crippen molar-refractivity contribution in [1.82, 2.24) is 0 Å². The highest BCUT2D eigenvalue weighted by Gasteiger charge is 2.21. The number of rotatable bonds is 1. The second-order valence-electron chi connectivity index (χ2n) is 3.72. The second-order valence-corrected chi connectivity index (χ2v) is 4.13. The molecular weight excluding hydrogens is 196 g/mol. The van der Waals surface area contributed by atoms with Crippen LogP contribution in [0.15, 0.2) is 18.2 Å². The van der Waals surface area contributed by atoms with Gasteiger partial charge < -0.3 is 10.2 Å². The third-order valence-corrected chi connectivity index (χ3v) is 2.89. The molecule has 0 radical (unpaired) electrons. The second kappa shape index (κ2) is 3.70. The molecule has 1 heterocycles. The molecule has 2 rings (SSSR count). The third kappa shape index (κ3) is 1.55. The van der Waals surface area contributed by atoms with Gasteiger partial charge in [-0.3, -0.25) is 0 Å². The Kier molecular flexibility index (Phi) is 2.55. The molecule has 0 spiro atoms. The first-order valence-corrected chi connectivity index (χ1v) is 5.40. The van der Waals surface area contributed by atoms with Crippen LogP contribution in [-0.4, -0.2) is 19.1 Å².